The molecule has 0 spiro atoms. The number of carbonyl (C=O) groups is 2. The smallest absolute Gasteiger partial charge is 0.262 e. The average Bonchev–Trinajstić information content (AvgIpc) is 2.68. The van der Waals surface area contributed by atoms with E-state index in [9.17, 15) is 9.59 Å². The van der Waals surface area contributed by atoms with E-state index in [1.54, 1.807) is 18.2 Å². The predicted octanol–water partition coefficient (Wildman–Crippen LogP) is 3.38. The van der Waals surface area contributed by atoms with Gasteiger partial charge in [-0.25, -0.2) is 0 Å². The molecule has 0 radical (unpaired) electrons. The summed E-state index contributed by atoms with van der Waals surface area (Å²) in [6.07, 6.45) is 0.176. The first kappa shape index (κ1) is 20.0. The summed E-state index contributed by atoms with van der Waals surface area (Å²) in [5.41, 5.74) is 2.37. The molecule has 1 aliphatic rings. The van der Waals surface area contributed by atoms with Gasteiger partial charge < -0.3 is 20.3 Å². The van der Waals surface area contributed by atoms with E-state index >= 15 is 0 Å². The second-order valence-corrected chi connectivity index (χ2v) is 7.18. The van der Waals surface area contributed by atoms with Crippen molar-refractivity contribution in [1.29, 1.82) is 0 Å². The van der Waals surface area contributed by atoms with Gasteiger partial charge in [0.2, 0.25) is 5.91 Å². The van der Waals surface area contributed by atoms with Crippen LogP contribution in [-0.2, 0) is 9.59 Å². The third-order valence-corrected chi connectivity index (χ3v) is 4.75. The molecule has 0 aromatic heterocycles. The van der Waals surface area contributed by atoms with Crippen LogP contribution >= 0.6 is 11.6 Å². The number of fused-ring (bicyclic) bond motifs is 1. The van der Waals surface area contributed by atoms with Crippen molar-refractivity contribution in [2.75, 3.05) is 29.9 Å². The minimum Gasteiger partial charge on any atom is -0.477 e. The quantitative estimate of drug-likeness (QED) is 0.778. The zero-order valence-electron chi connectivity index (χ0n) is 16.0. The second-order valence-electron chi connectivity index (χ2n) is 6.78. The van der Waals surface area contributed by atoms with E-state index in [1.165, 1.54) is 0 Å². The summed E-state index contributed by atoms with van der Waals surface area (Å²) in [7, 11) is 0. The van der Waals surface area contributed by atoms with Crippen LogP contribution in [0.15, 0.2) is 42.5 Å². The molecule has 2 aromatic carbocycles. The number of anilines is 2. The van der Waals surface area contributed by atoms with Crippen LogP contribution in [0.25, 0.3) is 0 Å². The van der Waals surface area contributed by atoms with Gasteiger partial charge >= 0.3 is 0 Å². The minimum atomic E-state index is -0.669. The summed E-state index contributed by atoms with van der Waals surface area (Å²) >= 11 is 6.21. The molecule has 0 fully saturated rings. The third-order valence-electron chi connectivity index (χ3n) is 4.44. The van der Waals surface area contributed by atoms with Crippen LogP contribution in [0.5, 0.6) is 5.75 Å². The van der Waals surface area contributed by atoms with Gasteiger partial charge in [-0.15, -0.1) is 0 Å². The van der Waals surface area contributed by atoms with Crippen LogP contribution in [0.1, 0.15) is 18.9 Å². The maximum Gasteiger partial charge on any atom is 0.262 e. The molecule has 0 saturated heterocycles. The van der Waals surface area contributed by atoms with Gasteiger partial charge in [0.05, 0.1) is 29.5 Å². The van der Waals surface area contributed by atoms with E-state index < -0.39 is 6.10 Å². The number of carbonyl (C=O) groups excluding carboxylic acids is 2. The highest BCUT2D eigenvalue weighted by molar-refractivity contribution is 6.33. The Morgan fingerprint density at radius 1 is 1.25 bits per heavy atom. The molecule has 1 aliphatic heterocycles. The monoisotopic (exact) mass is 401 g/mol. The fourth-order valence-electron chi connectivity index (χ4n) is 3.04. The average molecular weight is 402 g/mol. The number of amides is 2. The summed E-state index contributed by atoms with van der Waals surface area (Å²) in [6, 6.07) is 12.9. The molecule has 148 valence electrons. The summed E-state index contributed by atoms with van der Waals surface area (Å²) in [5.74, 6) is 0.199. The topological polar surface area (TPSA) is 70.7 Å². The SMILES string of the molecule is CCCNC(=O)[C@H]1CN(CC(=O)Nc2ccc(C)cc2Cl)c2ccccc2O1. The van der Waals surface area contributed by atoms with E-state index in [0.29, 0.717) is 29.5 Å². The number of hydrogen-bond donors (Lipinski definition) is 2. The zero-order chi connectivity index (χ0) is 20.1. The number of rotatable bonds is 6. The Morgan fingerprint density at radius 2 is 2.04 bits per heavy atom. The molecule has 3 rings (SSSR count). The van der Waals surface area contributed by atoms with Crippen molar-refractivity contribution in [2.45, 2.75) is 26.4 Å². The van der Waals surface area contributed by atoms with Crippen LogP contribution in [0.3, 0.4) is 0 Å². The van der Waals surface area contributed by atoms with E-state index in [0.717, 1.165) is 17.7 Å². The van der Waals surface area contributed by atoms with Gasteiger partial charge in [-0.2, -0.15) is 0 Å². The van der Waals surface area contributed by atoms with Crippen molar-refractivity contribution >= 4 is 34.8 Å². The van der Waals surface area contributed by atoms with Crippen LogP contribution in [0.4, 0.5) is 11.4 Å². The Balaban J connectivity index is 1.73. The summed E-state index contributed by atoms with van der Waals surface area (Å²) < 4.78 is 5.85. The van der Waals surface area contributed by atoms with Gasteiger partial charge in [-0.3, -0.25) is 9.59 Å². The number of ether oxygens (including phenoxy) is 1. The first-order valence-electron chi connectivity index (χ1n) is 9.32. The Bertz CT molecular complexity index is 872. The first-order chi connectivity index (χ1) is 13.5. The molecule has 0 aliphatic carbocycles. The van der Waals surface area contributed by atoms with Gasteiger partial charge in [0, 0.05) is 6.54 Å². The Hall–Kier alpha value is -2.73. The van der Waals surface area contributed by atoms with Crippen LogP contribution < -0.4 is 20.3 Å². The number of para-hydroxylation sites is 2. The van der Waals surface area contributed by atoms with Crippen molar-refractivity contribution in [3.05, 3.63) is 53.1 Å². The lowest BCUT2D eigenvalue weighted by atomic mass is 10.1. The molecule has 28 heavy (non-hydrogen) atoms. The van der Waals surface area contributed by atoms with Crippen molar-refractivity contribution in [3.8, 4) is 5.75 Å². The van der Waals surface area contributed by atoms with Crippen molar-refractivity contribution in [3.63, 3.8) is 0 Å². The molecule has 1 atom stereocenters. The maximum absolute atomic E-state index is 12.6. The van der Waals surface area contributed by atoms with Gasteiger partial charge in [-0.1, -0.05) is 36.7 Å². The third kappa shape index (κ3) is 4.75. The van der Waals surface area contributed by atoms with Crippen molar-refractivity contribution in [2.24, 2.45) is 0 Å². The molecule has 6 nitrogen and oxygen atoms in total. The van der Waals surface area contributed by atoms with E-state index in [2.05, 4.69) is 10.6 Å². The number of benzene rings is 2. The number of nitrogens with one attached hydrogen (secondary N) is 2. The lowest BCUT2D eigenvalue weighted by Crippen LogP contribution is -2.50. The first-order valence-corrected chi connectivity index (χ1v) is 9.70. The summed E-state index contributed by atoms with van der Waals surface area (Å²) in [5, 5.41) is 6.18. The van der Waals surface area contributed by atoms with E-state index in [4.69, 9.17) is 16.3 Å². The fraction of sp³-hybridized carbons (Fsp3) is 0.333. The van der Waals surface area contributed by atoms with Crippen LogP contribution in [-0.4, -0.2) is 37.6 Å². The van der Waals surface area contributed by atoms with Crippen molar-refractivity contribution in [1.82, 2.24) is 5.32 Å². The molecule has 0 bridgehead atoms. The second kappa shape index (κ2) is 8.97. The number of nitrogens with zero attached hydrogens (tertiary/aromatic N) is 1. The molecule has 0 saturated carbocycles. The molecule has 2 amide bonds. The Kier molecular flexibility index (Phi) is 6.41. The largest absolute Gasteiger partial charge is 0.477 e. The summed E-state index contributed by atoms with van der Waals surface area (Å²) in [4.78, 5) is 26.9. The summed E-state index contributed by atoms with van der Waals surface area (Å²) in [6.45, 7) is 4.90. The van der Waals surface area contributed by atoms with Gasteiger partial charge in [0.1, 0.15) is 5.75 Å². The molecule has 0 unspecified atom stereocenters. The Labute approximate surface area is 169 Å². The molecule has 2 N–H and O–H groups in total. The highest BCUT2D eigenvalue weighted by Crippen LogP contribution is 2.33. The fourth-order valence-corrected chi connectivity index (χ4v) is 3.32. The van der Waals surface area contributed by atoms with Gasteiger partial charge in [0.25, 0.3) is 5.91 Å². The number of aryl methyl sites for hydroxylation is 1. The lowest BCUT2D eigenvalue weighted by molar-refractivity contribution is -0.128. The highest BCUT2D eigenvalue weighted by atomic mass is 35.5. The van der Waals surface area contributed by atoms with Gasteiger partial charge in [-0.05, 0) is 43.2 Å². The highest BCUT2D eigenvalue weighted by Gasteiger charge is 2.31. The normalized spacial score (nSPS) is 15.4. The number of hydrogen-bond acceptors (Lipinski definition) is 4. The Morgan fingerprint density at radius 3 is 2.79 bits per heavy atom. The predicted molar refractivity (Wildman–Crippen MR) is 111 cm³/mol. The minimum absolute atomic E-state index is 0.0855. The van der Waals surface area contributed by atoms with Crippen LogP contribution in [0.2, 0.25) is 5.02 Å². The van der Waals surface area contributed by atoms with Crippen molar-refractivity contribution < 1.29 is 14.3 Å². The molecule has 2 aromatic rings. The number of halogens is 1. The standard InChI is InChI=1S/C21H24ClN3O3/c1-3-10-23-21(27)19-12-25(17-6-4-5-7-18(17)28-19)13-20(26)24-16-9-8-14(2)11-15(16)22/h4-9,11,19H,3,10,12-13H2,1-2H3,(H,23,27)(H,24,26)/t19-/m1/s1. The van der Waals surface area contributed by atoms with E-state index in [-0.39, 0.29) is 18.4 Å². The molecule has 1 heterocycles. The maximum atomic E-state index is 12.6. The molecule has 7 heteroatoms. The van der Waals surface area contributed by atoms with Gasteiger partial charge in [0.15, 0.2) is 6.10 Å². The molecular weight excluding hydrogens is 378 g/mol. The van der Waals surface area contributed by atoms with E-state index in [1.807, 2.05) is 43.0 Å². The zero-order valence-corrected chi connectivity index (χ0v) is 16.8. The van der Waals surface area contributed by atoms with Crippen LogP contribution in [0, 0.1) is 6.92 Å². The lowest BCUT2D eigenvalue weighted by Gasteiger charge is -2.35. The molecular formula is C21H24ClN3O3.